The monoisotopic (exact) mass is 334 g/mol. The van der Waals surface area contributed by atoms with Gasteiger partial charge in [-0.1, -0.05) is 18.2 Å². The summed E-state index contributed by atoms with van der Waals surface area (Å²) in [5.41, 5.74) is 3.01. The first-order chi connectivity index (χ1) is 12.3. The molecule has 25 heavy (non-hydrogen) atoms. The predicted octanol–water partition coefficient (Wildman–Crippen LogP) is 2.00. The zero-order valence-corrected chi connectivity index (χ0v) is 13.7. The number of carbonyl (C=O) groups excluding carboxylic acids is 2. The van der Waals surface area contributed by atoms with Gasteiger partial charge >= 0.3 is 0 Å². The summed E-state index contributed by atoms with van der Waals surface area (Å²) < 4.78 is 2.16. The molecule has 6 nitrogen and oxygen atoms in total. The third-order valence-electron chi connectivity index (χ3n) is 4.50. The Bertz CT molecular complexity index is 947. The number of Topliss-reactive ketones (excluding diaryl/α,β-unsaturated/α-hetero) is 1. The molecule has 0 saturated carbocycles. The molecule has 1 aliphatic heterocycles. The minimum atomic E-state index is -0.623. The summed E-state index contributed by atoms with van der Waals surface area (Å²) >= 11 is 0. The number of nitrogens with zero attached hydrogens (tertiary/aromatic N) is 2. The Hall–Kier alpha value is -2.99. The molecular formula is C19H18N4O2. The number of amides is 1. The first-order valence-electron chi connectivity index (χ1n) is 8.32. The van der Waals surface area contributed by atoms with E-state index in [0.717, 1.165) is 42.7 Å². The third-order valence-corrected chi connectivity index (χ3v) is 4.50. The van der Waals surface area contributed by atoms with Gasteiger partial charge in [-0.05, 0) is 18.2 Å². The Morgan fingerprint density at radius 1 is 1.08 bits per heavy atom. The van der Waals surface area contributed by atoms with Crippen LogP contribution in [0.25, 0.3) is 10.9 Å². The molecule has 3 heterocycles. The normalized spacial score (nSPS) is 13.9. The Labute approximate surface area is 144 Å². The first-order valence-corrected chi connectivity index (χ1v) is 8.32. The number of benzene rings is 1. The first kappa shape index (κ1) is 15.5. The van der Waals surface area contributed by atoms with E-state index in [0.29, 0.717) is 11.3 Å². The van der Waals surface area contributed by atoms with Crippen molar-refractivity contribution < 1.29 is 9.59 Å². The van der Waals surface area contributed by atoms with E-state index in [1.807, 2.05) is 24.3 Å². The number of hydrogen-bond donors (Lipinski definition) is 2. The maximum atomic E-state index is 12.9. The van der Waals surface area contributed by atoms with Crippen molar-refractivity contribution in [3.8, 4) is 0 Å². The van der Waals surface area contributed by atoms with Gasteiger partial charge in [0.25, 0.3) is 11.7 Å². The van der Waals surface area contributed by atoms with E-state index in [-0.39, 0.29) is 0 Å². The molecule has 6 heteroatoms. The summed E-state index contributed by atoms with van der Waals surface area (Å²) in [6.45, 7) is 2.43. The van der Waals surface area contributed by atoms with Crippen LogP contribution in [0.15, 0.2) is 48.8 Å². The fraction of sp³-hybridized carbons (Fsp3) is 0.211. The number of fused-ring (bicyclic) bond motifs is 3. The van der Waals surface area contributed by atoms with E-state index < -0.39 is 11.7 Å². The van der Waals surface area contributed by atoms with E-state index >= 15 is 0 Å². The molecule has 1 aromatic carbocycles. The minimum Gasteiger partial charge on any atom is -0.343 e. The van der Waals surface area contributed by atoms with Gasteiger partial charge in [-0.2, -0.15) is 0 Å². The van der Waals surface area contributed by atoms with Gasteiger partial charge in [0, 0.05) is 60.7 Å². The highest BCUT2D eigenvalue weighted by Gasteiger charge is 2.27. The van der Waals surface area contributed by atoms with Crippen molar-refractivity contribution in [3.05, 3.63) is 60.0 Å². The summed E-state index contributed by atoms with van der Waals surface area (Å²) in [5.74, 6) is -1.12. The summed E-state index contributed by atoms with van der Waals surface area (Å²) in [6.07, 6.45) is 3.87. The lowest BCUT2D eigenvalue weighted by Crippen LogP contribution is -2.24. The second-order valence-electron chi connectivity index (χ2n) is 6.01. The fourth-order valence-corrected chi connectivity index (χ4v) is 3.38. The van der Waals surface area contributed by atoms with Crippen molar-refractivity contribution in [2.45, 2.75) is 13.0 Å². The van der Waals surface area contributed by atoms with Gasteiger partial charge in [0.05, 0.1) is 5.56 Å². The van der Waals surface area contributed by atoms with Gasteiger partial charge in [0.15, 0.2) is 0 Å². The number of carbonyl (C=O) groups is 2. The van der Waals surface area contributed by atoms with E-state index in [1.165, 1.54) is 0 Å². The van der Waals surface area contributed by atoms with Gasteiger partial charge in [0.2, 0.25) is 0 Å². The van der Waals surface area contributed by atoms with Crippen LogP contribution in [-0.4, -0.2) is 34.3 Å². The van der Waals surface area contributed by atoms with Crippen LogP contribution in [0.4, 0.5) is 5.69 Å². The number of nitrogens with one attached hydrogen (secondary N) is 2. The number of hydrogen-bond acceptors (Lipinski definition) is 4. The molecule has 0 radical (unpaired) electrons. The summed E-state index contributed by atoms with van der Waals surface area (Å²) in [5, 5.41) is 6.85. The highest BCUT2D eigenvalue weighted by atomic mass is 16.2. The van der Waals surface area contributed by atoms with Crippen LogP contribution in [0, 0.1) is 0 Å². The highest BCUT2D eigenvalue weighted by Crippen LogP contribution is 2.28. The lowest BCUT2D eigenvalue weighted by atomic mass is 10.0. The maximum Gasteiger partial charge on any atom is 0.296 e. The second kappa shape index (κ2) is 6.49. The zero-order valence-electron chi connectivity index (χ0n) is 13.7. The van der Waals surface area contributed by atoms with Gasteiger partial charge in [0.1, 0.15) is 0 Å². The SMILES string of the molecule is O=C(Nc1ccncc1)C(=O)c1c2n(c3ccccc13)CCNCC2. The average Bonchev–Trinajstić information content (AvgIpc) is 2.79. The molecule has 1 amide bonds. The van der Waals surface area contributed by atoms with Crippen molar-refractivity contribution in [1.82, 2.24) is 14.9 Å². The third kappa shape index (κ3) is 2.81. The van der Waals surface area contributed by atoms with Gasteiger partial charge in [-0.15, -0.1) is 0 Å². The number of pyridine rings is 1. The molecule has 0 unspecified atom stereocenters. The Kier molecular flexibility index (Phi) is 4.03. The molecule has 4 rings (SSSR count). The number of para-hydroxylation sites is 1. The smallest absolute Gasteiger partial charge is 0.296 e. The zero-order chi connectivity index (χ0) is 17.2. The number of ketones is 1. The standard InChI is InChI=1S/C19H18N4O2/c24-18(19(25)22-13-5-8-20-9-6-13)17-14-3-1-2-4-15(14)23-12-11-21-10-7-16(17)23/h1-6,8-9,21H,7,10-12H2,(H,20,22,25). The lowest BCUT2D eigenvalue weighted by molar-refractivity contribution is -0.112. The Morgan fingerprint density at radius 2 is 1.88 bits per heavy atom. The Morgan fingerprint density at radius 3 is 2.72 bits per heavy atom. The molecule has 0 saturated heterocycles. The van der Waals surface area contributed by atoms with E-state index in [2.05, 4.69) is 20.2 Å². The molecule has 1 aliphatic rings. The second-order valence-corrected chi connectivity index (χ2v) is 6.01. The topological polar surface area (TPSA) is 76.0 Å². The van der Waals surface area contributed by atoms with Crippen molar-refractivity contribution in [3.63, 3.8) is 0 Å². The summed E-state index contributed by atoms with van der Waals surface area (Å²) in [7, 11) is 0. The Balaban J connectivity index is 1.76. The van der Waals surface area contributed by atoms with Crippen LogP contribution in [-0.2, 0) is 17.8 Å². The summed E-state index contributed by atoms with van der Waals surface area (Å²) in [4.78, 5) is 29.4. The number of anilines is 1. The summed E-state index contributed by atoms with van der Waals surface area (Å²) in [6, 6.07) is 11.1. The van der Waals surface area contributed by atoms with Crippen molar-refractivity contribution in [1.29, 1.82) is 0 Å². The fourth-order valence-electron chi connectivity index (χ4n) is 3.38. The molecule has 0 fully saturated rings. The van der Waals surface area contributed by atoms with E-state index in [4.69, 9.17) is 0 Å². The highest BCUT2D eigenvalue weighted by molar-refractivity contribution is 6.48. The number of rotatable bonds is 3. The molecule has 0 spiro atoms. The maximum absolute atomic E-state index is 12.9. The van der Waals surface area contributed by atoms with Gasteiger partial charge in [-0.25, -0.2) is 0 Å². The molecule has 2 aromatic heterocycles. The number of aromatic nitrogens is 2. The van der Waals surface area contributed by atoms with Gasteiger partial charge < -0.3 is 15.2 Å². The van der Waals surface area contributed by atoms with Crippen LogP contribution in [0.1, 0.15) is 16.1 Å². The molecule has 0 aliphatic carbocycles. The molecule has 0 atom stereocenters. The molecule has 3 aromatic rings. The van der Waals surface area contributed by atoms with E-state index in [9.17, 15) is 9.59 Å². The van der Waals surface area contributed by atoms with Crippen molar-refractivity contribution in [2.75, 3.05) is 18.4 Å². The van der Waals surface area contributed by atoms with Crippen LogP contribution < -0.4 is 10.6 Å². The lowest BCUT2D eigenvalue weighted by Gasteiger charge is -2.07. The van der Waals surface area contributed by atoms with Crippen LogP contribution in [0.5, 0.6) is 0 Å². The van der Waals surface area contributed by atoms with Crippen LogP contribution in [0.3, 0.4) is 0 Å². The van der Waals surface area contributed by atoms with Crippen molar-refractivity contribution >= 4 is 28.3 Å². The van der Waals surface area contributed by atoms with Crippen LogP contribution >= 0.6 is 0 Å². The largest absolute Gasteiger partial charge is 0.343 e. The van der Waals surface area contributed by atoms with E-state index in [1.54, 1.807) is 24.5 Å². The quantitative estimate of drug-likeness (QED) is 0.567. The minimum absolute atomic E-state index is 0.497. The molecule has 126 valence electrons. The molecule has 2 N–H and O–H groups in total. The van der Waals surface area contributed by atoms with Crippen LogP contribution in [0.2, 0.25) is 0 Å². The van der Waals surface area contributed by atoms with Crippen molar-refractivity contribution in [2.24, 2.45) is 0 Å². The van der Waals surface area contributed by atoms with Gasteiger partial charge in [-0.3, -0.25) is 14.6 Å². The average molecular weight is 334 g/mol. The molecular weight excluding hydrogens is 316 g/mol. The predicted molar refractivity (Wildman–Crippen MR) is 95.7 cm³/mol. The molecule has 0 bridgehead atoms.